The standard InChI is InChI=1S/C13H15NO4S3/c1-2-4-9(10-5-3-7-19-10)14-21(17,18)11-6-8-20-12(11)13(15)16/h3,5-9,14H,2,4H2,1H3,(H,15,16). The van der Waals surface area contributed by atoms with Crippen molar-refractivity contribution in [1.82, 2.24) is 4.72 Å². The van der Waals surface area contributed by atoms with Crippen LogP contribution < -0.4 is 4.72 Å². The van der Waals surface area contributed by atoms with E-state index in [1.807, 2.05) is 24.4 Å². The maximum absolute atomic E-state index is 12.4. The number of carbonyl (C=O) groups is 1. The van der Waals surface area contributed by atoms with Crippen molar-refractivity contribution in [2.75, 3.05) is 0 Å². The SMILES string of the molecule is CCCC(NS(=O)(=O)c1ccsc1C(=O)O)c1cccs1. The molecule has 0 saturated heterocycles. The van der Waals surface area contributed by atoms with E-state index in [1.165, 1.54) is 22.8 Å². The molecule has 0 bridgehead atoms. The molecule has 0 aliphatic rings. The number of aromatic carboxylic acids is 1. The first-order valence-corrected chi connectivity index (χ1v) is 9.56. The first-order chi connectivity index (χ1) is 9.95. The van der Waals surface area contributed by atoms with Crippen molar-refractivity contribution >= 4 is 38.7 Å². The van der Waals surface area contributed by atoms with Gasteiger partial charge in [0.25, 0.3) is 0 Å². The fourth-order valence-corrected chi connectivity index (χ4v) is 5.35. The van der Waals surface area contributed by atoms with E-state index in [4.69, 9.17) is 5.11 Å². The maximum atomic E-state index is 12.4. The zero-order valence-corrected chi connectivity index (χ0v) is 13.7. The summed E-state index contributed by atoms with van der Waals surface area (Å²) in [5.41, 5.74) is 0. The highest BCUT2D eigenvalue weighted by molar-refractivity contribution is 7.89. The molecule has 1 atom stereocenters. The molecule has 0 fully saturated rings. The summed E-state index contributed by atoms with van der Waals surface area (Å²) in [7, 11) is -3.85. The molecule has 2 N–H and O–H groups in total. The topological polar surface area (TPSA) is 83.5 Å². The van der Waals surface area contributed by atoms with Crippen LogP contribution in [0.1, 0.15) is 40.4 Å². The van der Waals surface area contributed by atoms with Gasteiger partial charge in [0.05, 0.1) is 6.04 Å². The smallest absolute Gasteiger partial charge is 0.347 e. The van der Waals surface area contributed by atoms with Crippen LogP contribution in [-0.2, 0) is 10.0 Å². The second kappa shape index (κ2) is 6.69. The fourth-order valence-electron chi connectivity index (χ4n) is 1.95. The lowest BCUT2D eigenvalue weighted by molar-refractivity contribution is 0.0698. The number of carboxylic acid groups (broad SMARTS) is 1. The van der Waals surface area contributed by atoms with Crippen molar-refractivity contribution in [2.45, 2.75) is 30.7 Å². The molecule has 8 heteroatoms. The molecule has 0 radical (unpaired) electrons. The van der Waals surface area contributed by atoms with Crippen molar-refractivity contribution < 1.29 is 18.3 Å². The number of rotatable bonds is 7. The quantitative estimate of drug-likeness (QED) is 0.806. The van der Waals surface area contributed by atoms with E-state index >= 15 is 0 Å². The summed E-state index contributed by atoms with van der Waals surface area (Å²) in [6.07, 6.45) is 1.48. The molecule has 2 aromatic heterocycles. The van der Waals surface area contributed by atoms with Crippen molar-refractivity contribution in [1.29, 1.82) is 0 Å². The average Bonchev–Trinajstić information content (AvgIpc) is 3.09. The van der Waals surface area contributed by atoms with Gasteiger partial charge in [0.1, 0.15) is 9.77 Å². The number of thiophene rings is 2. The molecule has 21 heavy (non-hydrogen) atoms. The van der Waals surface area contributed by atoms with Crippen LogP contribution >= 0.6 is 22.7 Å². The second-order valence-electron chi connectivity index (χ2n) is 4.40. The molecular weight excluding hydrogens is 330 g/mol. The van der Waals surface area contributed by atoms with Crippen LogP contribution in [0, 0.1) is 0 Å². The van der Waals surface area contributed by atoms with E-state index < -0.39 is 16.0 Å². The van der Waals surface area contributed by atoms with Crippen molar-refractivity contribution in [3.63, 3.8) is 0 Å². The van der Waals surface area contributed by atoms with Gasteiger partial charge in [-0.05, 0) is 29.3 Å². The van der Waals surface area contributed by atoms with Crippen molar-refractivity contribution in [2.24, 2.45) is 0 Å². The molecule has 5 nitrogen and oxygen atoms in total. The third-order valence-corrected chi connectivity index (χ3v) is 6.41. The number of nitrogens with one attached hydrogen (secondary N) is 1. The Balaban J connectivity index is 2.31. The highest BCUT2D eigenvalue weighted by Gasteiger charge is 2.27. The Bertz CT molecular complexity index is 704. The highest BCUT2D eigenvalue weighted by Crippen LogP contribution is 2.28. The predicted molar refractivity (Wildman–Crippen MR) is 83.6 cm³/mol. The Morgan fingerprint density at radius 2 is 2.10 bits per heavy atom. The average molecular weight is 345 g/mol. The van der Waals surface area contributed by atoms with E-state index in [0.717, 1.165) is 22.6 Å². The minimum Gasteiger partial charge on any atom is -0.477 e. The molecule has 2 aromatic rings. The Hall–Kier alpha value is -1.22. The Labute approximate surface area is 131 Å². The number of carboxylic acids is 1. The molecule has 0 aliphatic heterocycles. The third-order valence-electron chi connectivity index (χ3n) is 2.87. The first-order valence-electron chi connectivity index (χ1n) is 6.32. The predicted octanol–water partition coefficient (Wildman–Crippen LogP) is 3.33. The summed E-state index contributed by atoms with van der Waals surface area (Å²) in [4.78, 5) is 11.7. The van der Waals surface area contributed by atoms with E-state index in [9.17, 15) is 13.2 Å². The minimum atomic E-state index is -3.85. The van der Waals surface area contributed by atoms with Crippen molar-refractivity contribution in [3.05, 3.63) is 38.7 Å². The van der Waals surface area contributed by atoms with Crippen LogP contribution in [-0.4, -0.2) is 19.5 Å². The van der Waals surface area contributed by atoms with Crippen LogP contribution in [0.15, 0.2) is 33.9 Å². The first kappa shape index (κ1) is 16.2. The molecule has 0 spiro atoms. The summed E-state index contributed by atoms with van der Waals surface area (Å²) in [5, 5.41) is 12.4. The lowest BCUT2D eigenvalue weighted by Gasteiger charge is -2.16. The molecule has 2 heterocycles. The van der Waals surface area contributed by atoms with Gasteiger partial charge in [0.2, 0.25) is 10.0 Å². The minimum absolute atomic E-state index is 0.163. The van der Waals surface area contributed by atoms with Gasteiger partial charge in [0.15, 0.2) is 0 Å². The summed E-state index contributed by atoms with van der Waals surface area (Å²) < 4.78 is 27.5. The molecule has 0 amide bonds. The third kappa shape index (κ3) is 3.70. The van der Waals surface area contributed by atoms with Crippen LogP contribution in [0.5, 0.6) is 0 Å². The normalized spacial score (nSPS) is 13.2. The van der Waals surface area contributed by atoms with Gasteiger partial charge in [-0.25, -0.2) is 17.9 Å². The van der Waals surface area contributed by atoms with Gasteiger partial charge in [-0.2, -0.15) is 0 Å². The molecule has 1 unspecified atom stereocenters. The lowest BCUT2D eigenvalue weighted by atomic mass is 10.1. The summed E-state index contributed by atoms with van der Waals surface area (Å²) in [5.74, 6) is -1.23. The van der Waals surface area contributed by atoms with E-state index in [1.54, 1.807) is 0 Å². The number of hydrogen-bond acceptors (Lipinski definition) is 5. The lowest BCUT2D eigenvalue weighted by Crippen LogP contribution is -2.28. The van der Waals surface area contributed by atoms with E-state index in [2.05, 4.69) is 4.72 Å². The zero-order valence-electron chi connectivity index (χ0n) is 11.3. The molecule has 0 saturated carbocycles. The monoisotopic (exact) mass is 345 g/mol. The van der Waals surface area contributed by atoms with Crippen LogP contribution in [0.2, 0.25) is 0 Å². The van der Waals surface area contributed by atoms with Gasteiger partial charge < -0.3 is 5.11 Å². The van der Waals surface area contributed by atoms with Gasteiger partial charge in [-0.15, -0.1) is 22.7 Å². The summed E-state index contributed by atoms with van der Waals surface area (Å²) >= 11 is 2.39. The van der Waals surface area contributed by atoms with Gasteiger partial charge in [-0.3, -0.25) is 0 Å². The highest BCUT2D eigenvalue weighted by atomic mass is 32.2. The number of sulfonamides is 1. The van der Waals surface area contributed by atoms with Gasteiger partial charge in [-0.1, -0.05) is 19.4 Å². The van der Waals surface area contributed by atoms with Crippen LogP contribution in [0.3, 0.4) is 0 Å². The summed E-state index contributed by atoms with van der Waals surface area (Å²) in [6, 6.07) is 4.73. The maximum Gasteiger partial charge on any atom is 0.347 e. The molecular formula is C13H15NO4S3. The fraction of sp³-hybridized carbons (Fsp3) is 0.308. The zero-order chi connectivity index (χ0) is 15.5. The summed E-state index contributed by atoms with van der Waals surface area (Å²) in [6.45, 7) is 1.97. The Morgan fingerprint density at radius 1 is 1.33 bits per heavy atom. The van der Waals surface area contributed by atoms with E-state index in [0.29, 0.717) is 6.42 Å². The second-order valence-corrected chi connectivity index (χ2v) is 7.97. The largest absolute Gasteiger partial charge is 0.477 e. The van der Waals surface area contributed by atoms with Crippen LogP contribution in [0.25, 0.3) is 0 Å². The molecule has 114 valence electrons. The van der Waals surface area contributed by atoms with Gasteiger partial charge >= 0.3 is 5.97 Å². The number of hydrogen-bond donors (Lipinski definition) is 2. The Kier molecular flexibility index (Phi) is 5.15. The molecule has 0 aromatic carbocycles. The molecule has 0 aliphatic carbocycles. The van der Waals surface area contributed by atoms with Gasteiger partial charge in [0, 0.05) is 4.88 Å². The Morgan fingerprint density at radius 3 is 2.67 bits per heavy atom. The molecule has 2 rings (SSSR count). The van der Waals surface area contributed by atoms with Crippen molar-refractivity contribution in [3.8, 4) is 0 Å². The van der Waals surface area contributed by atoms with Crippen LogP contribution in [0.4, 0.5) is 0 Å². The van der Waals surface area contributed by atoms with E-state index in [-0.39, 0.29) is 15.8 Å².